The van der Waals surface area contributed by atoms with Gasteiger partial charge in [-0.2, -0.15) is 13.2 Å². The van der Waals surface area contributed by atoms with E-state index < -0.39 is 11.7 Å². The Morgan fingerprint density at radius 2 is 1.68 bits per heavy atom. The Balaban J connectivity index is 1.49. The molecule has 0 aliphatic carbocycles. The van der Waals surface area contributed by atoms with Crippen molar-refractivity contribution >= 4 is 11.2 Å². The second-order valence-electron chi connectivity index (χ2n) is 8.55. The third-order valence-electron chi connectivity index (χ3n) is 5.88. The number of nitrogens with one attached hydrogen (secondary N) is 1. The van der Waals surface area contributed by atoms with Crippen LogP contribution in [0.5, 0.6) is 5.75 Å². The molecule has 0 fully saturated rings. The molecule has 3 aromatic carbocycles. The van der Waals surface area contributed by atoms with Crippen molar-refractivity contribution in [3.63, 3.8) is 0 Å². The van der Waals surface area contributed by atoms with Gasteiger partial charge in [-0.1, -0.05) is 49.4 Å². The minimum absolute atomic E-state index is 0.143. The average molecular weight is 505 g/mol. The Hall–Kier alpha value is -4.40. The van der Waals surface area contributed by atoms with Crippen molar-refractivity contribution in [2.45, 2.75) is 32.7 Å². The van der Waals surface area contributed by atoms with Gasteiger partial charge in [-0.3, -0.25) is 9.36 Å². The van der Waals surface area contributed by atoms with Crippen LogP contribution in [0.3, 0.4) is 0 Å². The van der Waals surface area contributed by atoms with Gasteiger partial charge in [0, 0.05) is 17.7 Å². The molecule has 0 aliphatic heterocycles. The van der Waals surface area contributed by atoms with Crippen molar-refractivity contribution in [1.29, 1.82) is 0 Å². The molecule has 0 saturated carbocycles. The van der Waals surface area contributed by atoms with E-state index in [4.69, 9.17) is 4.74 Å². The maximum Gasteiger partial charge on any atom is 0.416 e. The number of hydrogen-bond acceptors (Lipinski definition) is 4. The summed E-state index contributed by atoms with van der Waals surface area (Å²) in [5.41, 5.74) is 1.11. The molecule has 37 heavy (non-hydrogen) atoms. The Kier molecular flexibility index (Phi) is 6.52. The van der Waals surface area contributed by atoms with Crippen molar-refractivity contribution in [2.24, 2.45) is 0 Å². The van der Waals surface area contributed by atoms with E-state index in [2.05, 4.69) is 15.0 Å². The van der Waals surface area contributed by atoms with Gasteiger partial charge < -0.3 is 9.72 Å². The monoisotopic (exact) mass is 504 g/mol. The van der Waals surface area contributed by atoms with E-state index in [1.807, 2.05) is 61.5 Å². The Morgan fingerprint density at radius 1 is 0.919 bits per heavy atom. The van der Waals surface area contributed by atoms with Gasteiger partial charge in [0.2, 0.25) is 0 Å². The number of imidazole rings is 1. The standard InChI is InChI=1S/C28H23F3N4O2/c1-2-15-35-26(20-9-6-10-21(16-20)28(29,30)31)34-25-23(27(35)36)32-24(33-25)19-11-13-22(14-12-19)37-17-18-7-4-3-5-8-18/h3-14,16H,2,15,17H2,1H3,(H,32,33). The number of alkyl halides is 3. The van der Waals surface area contributed by atoms with Crippen molar-refractivity contribution in [3.8, 4) is 28.5 Å². The van der Waals surface area contributed by atoms with Gasteiger partial charge >= 0.3 is 6.18 Å². The molecule has 5 rings (SSSR count). The molecule has 0 bridgehead atoms. The van der Waals surface area contributed by atoms with E-state index in [-0.39, 0.29) is 28.1 Å². The first kappa shape index (κ1) is 24.3. The number of halogens is 3. The number of benzene rings is 3. The van der Waals surface area contributed by atoms with Crippen LogP contribution in [0.2, 0.25) is 0 Å². The van der Waals surface area contributed by atoms with Crippen LogP contribution in [-0.2, 0) is 19.3 Å². The predicted octanol–water partition coefficient (Wildman–Crippen LogP) is 6.46. The number of hydrogen-bond donors (Lipinski definition) is 1. The maximum atomic E-state index is 13.3. The third-order valence-corrected chi connectivity index (χ3v) is 5.88. The highest BCUT2D eigenvalue weighted by Gasteiger charge is 2.31. The summed E-state index contributed by atoms with van der Waals surface area (Å²) in [7, 11) is 0. The Bertz CT molecular complexity index is 1590. The van der Waals surface area contributed by atoms with E-state index in [0.717, 1.165) is 17.7 Å². The third kappa shape index (κ3) is 5.11. The molecule has 0 radical (unpaired) electrons. The topological polar surface area (TPSA) is 72.8 Å². The van der Waals surface area contributed by atoms with Gasteiger partial charge in [0.15, 0.2) is 11.2 Å². The largest absolute Gasteiger partial charge is 0.489 e. The smallest absolute Gasteiger partial charge is 0.416 e. The van der Waals surface area contributed by atoms with Gasteiger partial charge in [-0.25, -0.2) is 9.97 Å². The van der Waals surface area contributed by atoms with Crippen molar-refractivity contribution in [3.05, 3.63) is 100 Å². The van der Waals surface area contributed by atoms with Crippen LogP contribution in [0, 0.1) is 0 Å². The number of nitrogens with zero attached hydrogens (tertiary/aromatic N) is 3. The number of aromatic nitrogens is 4. The Labute approximate surface area is 210 Å². The number of ether oxygens (including phenoxy) is 1. The van der Waals surface area contributed by atoms with E-state index in [1.165, 1.54) is 16.7 Å². The van der Waals surface area contributed by atoms with E-state index in [0.29, 0.717) is 36.7 Å². The summed E-state index contributed by atoms with van der Waals surface area (Å²) in [6.45, 7) is 2.62. The normalized spacial score (nSPS) is 11.7. The lowest BCUT2D eigenvalue weighted by Crippen LogP contribution is -2.23. The lowest BCUT2D eigenvalue weighted by molar-refractivity contribution is -0.137. The first-order chi connectivity index (χ1) is 17.8. The zero-order valence-corrected chi connectivity index (χ0v) is 19.9. The van der Waals surface area contributed by atoms with Gasteiger partial charge in [0.25, 0.3) is 5.56 Å². The fourth-order valence-electron chi connectivity index (χ4n) is 4.06. The molecule has 188 valence electrons. The number of fused-ring (bicyclic) bond motifs is 1. The molecular formula is C28H23F3N4O2. The van der Waals surface area contributed by atoms with Gasteiger partial charge in [-0.15, -0.1) is 0 Å². The number of rotatable bonds is 7. The fraction of sp³-hybridized carbons (Fsp3) is 0.179. The molecule has 2 aromatic heterocycles. The predicted molar refractivity (Wildman–Crippen MR) is 135 cm³/mol. The molecule has 6 nitrogen and oxygen atoms in total. The summed E-state index contributed by atoms with van der Waals surface area (Å²) in [6.07, 6.45) is -3.91. The lowest BCUT2D eigenvalue weighted by Gasteiger charge is -2.13. The SMILES string of the molecule is CCCn1c(-c2cccc(C(F)(F)F)c2)nc2nc(-c3ccc(OCc4ccccc4)cc3)[nH]c2c1=O. The van der Waals surface area contributed by atoms with E-state index in [1.54, 1.807) is 0 Å². The van der Waals surface area contributed by atoms with Crippen LogP contribution in [0.15, 0.2) is 83.7 Å². The van der Waals surface area contributed by atoms with Crippen LogP contribution in [0.1, 0.15) is 24.5 Å². The molecule has 0 saturated heterocycles. The molecule has 0 amide bonds. The average Bonchev–Trinajstić information content (AvgIpc) is 3.34. The highest BCUT2D eigenvalue weighted by molar-refractivity contribution is 5.77. The maximum absolute atomic E-state index is 13.3. The second-order valence-corrected chi connectivity index (χ2v) is 8.55. The fourth-order valence-corrected chi connectivity index (χ4v) is 4.06. The molecule has 1 N–H and O–H groups in total. The molecular weight excluding hydrogens is 481 g/mol. The summed E-state index contributed by atoms with van der Waals surface area (Å²) in [5, 5.41) is 0. The van der Waals surface area contributed by atoms with Gasteiger partial charge in [0.1, 0.15) is 24.0 Å². The zero-order chi connectivity index (χ0) is 26.0. The van der Waals surface area contributed by atoms with Crippen molar-refractivity contribution < 1.29 is 17.9 Å². The van der Waals surface area contributed by atoms with Crippen LogP contribution >= 0.6 is 0 Å². The zero-order valence-electron chi connectivity index (χ0n) is 19.9. The summed E-state index contributed by atoms with van der Waals surface area (Å²) in [4.78, 5) is 25.4. The first-order valence-corrected chi connectivity index (χ1v) is 11.8. The quantitative estimate of drug-likeness (QED) is 0.276. The lowest BCUT2D eigenvalue weighted by atomic mass is 10.1. The second kappa shape index (κ2) is 9.93. The summed E-state index contributed by atoms with van der Waals surface area (Å²) in [5.74, 6) is 1.26. The van der Waals surface area contributed by atoms with Crippen LogP contribution in [0.25, 0.3) is 33.9 Å². The summed E-state index contributed by atoms with van der Waals surface area (Å²) in [6, 6.07) is 21.9. The molecule has 0 atom stereocenters. The molecule has 5 aromatic rings. The highest BCUT2D eigenvalue weighted by atomic mass is 19.4. The van der Waals surface area contributed by atoms with Gasteiger partial charge in [0.05, 0.1) is 5.56 Å². The van der Waals surface area contributed by atoms with E-state index in [9.17, 15) is 18.0 Å². The highest BCUT2D eigenvalue weighted by Crippen LogP contribution is 2.32. The van der Waals surface area contributed by atoms with Crippen molar-refractivity contribution in [2.75, 3.05) is 0 Å². The van der Waals surface area contributed by atoms with Crippen LogP contribution in [-0.4, -0.2) is 19.5 Å². The molecule has 0 spiro atoms. The van der Waals surface area contributed by atoms with Crippen LogP contribution in [0.4, 0.5) is 13.2 Å². The Morgan fingerprint density at radius 3 is 2.38 bits per heavy atom. The molecule has 2 heterocycles. The minimum Gasteiger partial charge on any atom is -0.489 e. The summed E-state index contributed by atoms with van der Waals surface area (Å²) >= 11 is 0. The first-order valence-electron chi connectivity index (χ1n) is 11.8. The molecule has 0 unspecified atom stereocenters. The summed E-state index contributed by atoms with van der Waals surface area (Å²) < 4.78 is 47.1. The van der Waals surface area contributed by atoms with E-state index >= 15 is 0 Å². The number of H-pyrrole nitrogens is 1. The molecule has 0 aliphatic rings. The van der Waals surface area contributed by atoms with Gasteiger partial charge in [-0.05, 0) is 48.4 Å². The number of aromatic amines is 1. The molecule has 9 heteroatoms. The van der Waals surface area contributed by atoms with Crippen LogP contribution < -0.4 is 10.3 Å². The van der Waals surface area contributed by atoms with Crippen molar-refractivity contribution in [1.82, 2.24) is 19.5 Å². The minimum atomic E-state index is -4.51.